The molecule has 1 spiro atoms. The number of methoxy groups -OCH3 is 1. The summed E-state index contributed by atoms with van der Waals surface area (Å²) in [5, 5.41) is 7.77. The summed E-state index contributed by atoms with van der Waals surface area (Å²) in [6.07, 6.45) is 13.0. The number of nitrogens with one attached hydrogen (secondary N) is 1. The van der Waals surface area contributed by atoms with Crippen LogP contribution in [-0.4, -0.2) is 66.4 Å². The largest absolute Gasteiger partial charge is 0.383 e. The minimum Gasteiger partial charge on any atom is -0.383 e. The van der Waals surface area contributed by atoms with Crippen molar-refractivity contribution in [1.82, 2.24) is 20.0 Å². The second-order valence-electron chi connectivity index (χ2n) is 8.98. The monoisotopic (exact) mass is 360 g/mol. The lowest BCUT2D eigenvalue weighted by Gasteiger charge is -2.40. The van der Waals surface area contributed by atoms with Crippen molar-refractivity contribution in [3.63, 3.8) is 0 Å². The highest BCUT2D eigenvalue weighted by atomic mass is 16.5. The highest BCUT2D eigenvalue weighted by Crippen LogP contribution is 2.40. The van der Waals surface area contributed by atoms with Gasteiger partial charge in [-0.1, -0.05) is 19.3 Å². The zero-order valence-corrected chi connectivity index (χ0v) is 16.5. The second kappa shape index (κ2) is 8.41. The van der Waals surface area contributed by atoms with Crippen LogP contribution in [0.2, 0.25) is 0 Å². The van der Waals surface area contributed by atoms with Crippen molar-refractivity contribution >= 4 is 0 Å². The molecular formula is C21H36N4O. The van der Waals surface area contributed by atoms with Crippen LogP contribution in [-0.2, 0) is 11.3 Å². The number of piperidine rings is 1. The first kappa shape index (κ1) is 18.5. The van der Waals surface area contributed by atoms with E-state index in [0.29, 0.717) is 5.41 Å². The highest BCUT2D eigenvalue weighted by molar-refractivity contribution is 5.21. The van der Waals surface area contributed by atoms with E-state index in [9.17, 15) is 0 Å². The maximum atomic E-state index is 5.30. The number of hydrogen-bond acceptors (Lipinski definition) is 4. The van der Waals surface area contributed by atoms with E-state index < -0.39 is 0 Å². The fourth-order valence-electron chi connectivity index (χ4n) is 5.65. The van der Waals surface area contributed by atoms with E-state index in [1.807, 2.05) is 7.11 Å². The van der Waals surface area contributed by atoms with Gasteiger partial charge in [0, 0.05) is 50.5 Å². The van der Waals surface area contributed by atoms with Gasteiger partial charge < -0.3 is 9.64 Å². The Morgan fingerprint density at radius 2 is 1.96 bits per heavy atom. The van der Waals surface area contributed by atoms with E-state index in [1.165, 1.54) is 88.8 Å². The average molecular weight is 361 g/mol. The summed E-state index contributed by atoms with van der Waals surface area (Å²) in [5.41, 5.74) is 3.41. The number of rotatable bonds is 6. The normalized spacial score (nSPS) is 29.0. The van der Waals surface area contributed by atoms with Gasteiger partial charge in [-0.05, 0) is 50.6 Å². The first-order chi connectivity index (χ1) is 12.8. The second-order valence-corrected chi connectivity index (χ2v) is 8.98. The summed E-state index contributed by atoms with van der Waals surface area (Å²) in [4.78, 5) is 5.32. The molecule has 5 nitrogen and oxygen atoms in total. The molecule has 5 heteroatoms. The quantitative estimate of drug-likeness (QED) is 0.844. The molecule has 26 heavy (non-hydrogen) atoms. The van der Waals surface area contributed by atoms with Crippen molar-refractivity contribution in [2.24, 2.45) is 5.41 Å². The molecule has 0 radical (unpaired) electrons. The topological polar surface area (TPSA) is 44.4 Å². The van der Waals surface area contributed by atoms with Crippen molar-refractivity contribution < 1.29 is 4.74 Å². The van der Waals surface area contributed by atoms with E-state index in [1.54, 1.807) is 0 Å². The van der Waals surface area contributed by atoms with Gasteiger partial charge in [-0.25, -0.2) is 0 Å². The van der Waals surface area contributed by atoms with Crippen LogP contribution in [0.25, 0.3) is 0 Å². The highest BCUT2D eigenvalue weighted by Gasteiger charge is 2.41. The van der Waals surface area contributed by atoms with Crippen LogP contribution in [0.15, 0.2) is 6.20 Å². The van der Waals surface area contributed by atoms with Crippen molar-refractivity contribution in [2.75, 3.05) is 46.4 Å². The number of nitrogens with zero attached hydrogens (tertiary/aromatic N) is 3. The molecule has 3 fully saturated rings. The molecule has 2 aliphatic heterocycles. The Hall–Kier alpha value is -0.910. The van der Waals surface area contributed by atoms with Crippen LogP contribution in [0.5, 0.6) is 0 Å². The number of hydrogen-bond donors (Lipinski definition) is 1. The van der Waals surface area contributed by atoms with E-state index in [-0.39, 0.29) is 0 Å². The SMILES string of the molecule is COCCN1CCC[C@]2(CCN(Cc3cn[nH]c3C3CCCCC3)C2)C1. The number of aromatic nitrogens is 2. The van der Waals surface area contributed by atoms with Crippen molar-refractivity contribution in [1.29, 1.82) is 0 Å². The maximum Gasteiger partial charge on any atom is 0.0589 e. The first-order valence-corrected chi connectivity index (χ1v) is 10.7. The smallest absolute Gasteiger partial charge is 0.0589 e. The lowest BCUT2D eigenvalue weighted by Crippen LogP contribution is -2.45. The minimum atomic E-state index is 0.515. The summed E-state index contributed by atoms with van der Waals surface area (Å²) in [6.45, 7) is 8.04. The molecular weight excluding hydrogens is 324 g/mol. The summed E-state index contributed by atoms with van der Waals surface area (Å²) < 4.78 is 5.30. The van der Waals surface area contributed by atoms with Gasteiger partial charge in [0.15, 0.2) is 0 Å². The van der Waals surface area contributed by atoms with E-state index in [4.69, 9.17) is 4.74 Å². The van der Waals surface area contributed by atoms with Crippen molar-refractivity contribution in [2.45, 2.75) is 63.8 Å². The Labute approximate surface area is 158 Å². The van der Waals surface area contributed by atoms with Crippen molar-refractivity contribution in [3.05, 3.63) is 17.5 Å². The van der Waals surface area contributed by atoms with Gasteiger partial charge in [0.1, 0.15) is 0 Å². The maximum absolute atomic E-state index is 5.30. The molecule has 0 bridgehead atoms. The first-order valence-electron chi connectivity index (χ1n) is 10.7. The Bertz CT molecular complexity index is 568. The average Bonchev–Trinajstić information content (AvgIpc) is 3.28. The Balaban J connectivity index is 1.35. The Kier molecular flexibility index (Phi) is 5.97. The van der Waals surface area contributed by atoms with Crippen LogP contribution in [0, 0.1) is 5.41 Å². The van der Waals surface area contributed by atoms with Crippen molar-refractivity contribution in [3.8, 4) is 0 Å². The number of aromatic amines is 1. The molecule has 0 aromatic carbocycles. The fourth-order valence-corrected chi connectivity index (χ4v) is 5.65. The Morgan fingerprint density at radius 3 is 2.81 bits per heavy atom. The molecule has 146 valence electrons. The molecule has 0 unspecified atom stereocenters. The molecule has 1 atom stereocenters. The van der Waals surface area contributed by atoms with Gasteiger partial charge in [0.2, 0.25) is 0 Å². The van der Waals surface area contributed by atoms with Crippen LogP contribution in [0.3, 0.4) is 0 Å². The minimum absolute atomic E-state index is 0.515. The number of likely N-dealkylation sites (tertiary alicyclic amines) is 2. The third-order valence-electron chi connectivity index (χ3n) is 7.03. The van der Waals surface area contributed by atoms with Crippen LogP contribution >= 0.6 is 0 Å². The van der Waals surface area contributed by atoms with Crippen LogP contribution in [0.4, 0.5) is 0 Å². The summed E-state index contributed by atoms with van der Waals surface area (Å²) >= 11 is 0. The van der Waals surface area contributed by atoms with Crippen LogP contribution < -0.4 is 0 Å². The molecule has 1 saturated carbocycles. The zero-order valence-electron chi connectivity index (χ0n) is 16.5. The van der Waals surface area contributed by atoms with Gasteiger partial charge in [0.05, 0.1) is 12.8 Å². The van der Waals surface area contributed by atoms with E-state index in [2.05, 4.69) is 26.2 Å². The van der Waals surface area contributed by atoms with Crippen LogP contribution in [0.1, 0.15) is 68.5 Å². The van der Waals surface area contributed by atoms with Gasteiger partial charge in [-0.3, -0.25) is 10.00 Å². The van der Waals surface area contributed by atoms with Gasteiger partial charge in [-0.15, -0.1) is 0 Å². The predicted octanol–water partition coefficient (Wildman–Crippen LogP) is 3.39. The van der Waals surface area contributed by atoms with Gasteiger partial charge in [-0.2, -0.15) is 5.10 Å². The van der Waals surface area contributed by atoms with Gasteiger partial charge in [0.25, 0.3) is 0 Å². The number of ether oxygens (including phenoxy) is 1. The number of H-pyrrole nitrogens is 1. The summed E-state index contributed by atoms with van der Waals surface area (Å²) in [5.74, 6) is 0.719. The lowest BCUT2D eigenvalue weighted by atomic mass is 9.79. The van der Waals surface area contributed by atoms with E-state index in [0.717, 1.165) is 25.6 Å². The molecule has 1 N–H and O–H groups in total. The fraction of sp³-hybridized carbons (Fsp3) is 0.857. The predicted molar refractivity (Wildman–Crippen MR) is 104 cm³/mol. The summed E-state index contributed by atoms with van der Waals surface area (Å²) in [6, 6.07) is 0. The molecule has 0 amide bonds. The standard InChI is InChI=1S/C21H36N4O/c1-26-13-12-24-10-5-8-21(16-24)9-11-25(17-21)15-19-14-22-23-20(19)18-6-3-2-4-7-18/h14,18H,2-13,15-17H2,1H3,(H,22,23)/t21-/m0/s1. The molecule has 1 aliphatic carbocycles. The van der Waals surface area contributed by atoms with E-state index >= 15 is 0 Å². The molecule has 1 aromatic rings. The molecule has 2 saturated heterocycles. The third-order valence-corrected chi connectivity index (χ3v) is 7.03. The molecule has 1 aromatic heterocycles. The Morgan fingerprint density at radius 1 is 1.12 bits per heavy atom. The molecule has 3 heterocycles. The lowest BCUT2D eigenvalue weighted by molar-refractivity contribution is 0.0673. The third kappa shape index (κ3) is 4.15. The van der Waals surface area contributed by atoms with Gasteiger partial charge >= 0.3 is 0 Å². The summed E-state index contributed by atoms with van der Waals surface area (Å²) in [7, 11) is 1.81. The zero-order chi connectivity index (χ0) is 17.8. The molecule has 3 aliphatic rings. The molecule has 4 rings (SSSR count).